The number of carbonyl (C=O) groups is 1. The summed E-state index contributed by atoms with van der Waals surface area (Å²) in [7, 11) is 0. The van der Waals surface area contributed by atoms with Crippen molar-refractivity contribution in [3.8, 4) is 5.75 Å². The van der Waals surface area contributed by atoms with Crippen molar-refractivity contribution in [2.24, 2.45) is 0 Å². The van der Waals surface area contributed by atoms with Gasteiger partial charge < -0.3 is 14.8 Å². The third kappa shape index (κ3) is 5.38. The van der Waals surface area contributed by atoms with Crippen molar-refractivity contribution < 1.29 is 14.3 Å². The summed E-state index contributed by atoms with van der Waals surface area (Å²) in [5, 5.41) is 2.93. The lowest BCUT2D eigenvalue weighted by Gasteiger charge is -2.21. The second-order valence-corrected chi connectivity index (χ2v) is 6.40. The Bertz CT molecular complexity index is 456. The van der Waals surface area contributed by atoms with Gasteiger partial charge in [0.1, 0.15) is 17.5 Å². The van der Waals surface area contributed by atoms with E-state index in [0.29, 0.717) is 13.2 Å². The van der Waals surface area contributed by atoms with Crippen LogP contribution in [-0.2, 0) is 16.0 Å². The lowest BCUT2D eigenvalue weighted by molar-refractivity contribution is -0.129. The molecule has 1 aromatic rings. The zero-order valence-corrected chi connectivity index (χ0v) is 13.1. The van der Waals surface area contributed by atoms with Crippen LogP contribution in [0, 0.1) is 0 Å². The van der Waals surface area contributed by atoms with Crippen molar-refractivity contribution in [1.29, 1.82) is 0 Å². The number of amides is 1. The highest BCUT2D eigenvalue weighted by Crippen LogP contribution is 2.18. The number of hydrogen-bond acceptors (Lipinski definition) is 3. The zero-order valence-electron chi connectivity index (χ0n) is 13.1. The SMILES string of the molecule is CC(C)(C)Oc1ccc(CCNC(=O)C2CCCO2)cc1. The minimum absolute atomic E-state index is 0.0141. The first-order valence-corrected chi connectivity index (χ1v) is 7.61. The van der Waals surface area contributed by atoms with Crippen molar-refractivity contribution in [2.45, 2.75) is 51.7 Å². The fourth-order valence-corrected chi connectivity index (χ4v) is 2.31. The Balaban J connectivity index is 1.74. The molecule has 2 rings (SSSR count). The summed E-state index contributed by atoms with van der Waals surface area (Å²) in [5.74, 6) is 0.884. The molecule has 0 aliphatic carbocycles. The second kappa shape index (κ2) is 6.94. The van der Waals surface area contributed by atoms with E-state index in [9.17, 15) is 4.79 Å². The standard InChI is InChI=1S/C17H25NO3/c1-17(2,3)21-14-8-6-13(7-9-14)10-11-18-16(19)15-5-4-12-20-15/h6-9,15H,4-5,10-12H2,1-3H3,(H,18,19). The van der Waals surface area contributed by atoms with Crippen LogP contribution in [0.1, 0.15) is 39.2 Å². The molecule has 0 aromatic heterocycles. The number of carbonyl (C=O) groups excluding carboxylic acids is 1. The van der Waals surface area contributed by atoms with Gasteiger partial charge in [-0.3, -0.25) is 4.79 Å². The molecule has 1 heterocycles. The smallest absolute Gasteiger partial charge is 0.249 e. The van der Waals surface area contributed by atoms with E-state index in [1.165, 1.54) is 5.56 Å². The summed E-state index contributed by atoms with van der Waals surface area (Å²) in [5.41, 5.74) is 1.00. The number of rotatable bonds is 5. The van der Waals surface area contributed by atoms with Gasteiger partial charge in [-0.2, -0.15) is 0 Å². The Kier molecular flexibility index (Phi) is 5.23. The van der Waals surface area contributed by atoms with Gasteiger partial charge in [0.2, 0.25) is 5.91 Å². The average molecular weight is 291 g/mol. The molecule has 1 aliphatic rings. The summed E-state index contributed by atoms with van der Waals surface area (Å²) < 4.78 is 11.1. The molecule has 1 fully saturated rings. The summed E-state index contributed by atoms with van der Waals surface area (Å²) in [6.45, 7) is 7.43. The molecule has 1 N–H and O–H groups in total. The second-order valence-electron chi connectivity index (χ2n) is 6.40. The number of hydrogen-bond donors (Lipinski definition) is 1. The van der Waals surface area contributed by atoms with E-state index in [0.717, 1.165) is 25.0 Å². The predicted octanol–water partition coefficient (Wildman–Crippen LogP) is 2.70. The van der Waals surface area contributed by atoms with Gasteiger partial charge in [0, 0.05) is 13.2 Å². The minimum atomic E-state index is -0.243. The first-order valence-electron chi connectivity index (χ1n) is 7.61. The third-order valence-corrected chi connectivity index (χ3v) is 3.28. The van der Waals surface area contributed by atoms with E-state index in [-0.39, 0.29) is 17.6 Å². The molecule has 1 unspecified atom stereocenters. The van der Waals surface area contributed by atoms with Crippen LogP contribution in [0.25, 0.3) is 0 Å². The molecule has 1 aromatic carbocycles. The highest BCUT2D eigenvalue weighted by molar-refractivity contribution is 5.80. The van der Waals surface area contributed by atoms with E-state index in [2.05, 4.69) is 5.32 Å². The average Bonchev–Trinajstić information content (AvgIpc) is 2.93. The normalized spacial score (nSPS) is 18.5. The van der Waals surface area contributed by atoms with Gasteiger partial charge in [-0.15, -0.1) is 0 Å². The van der Waals surface area contributed by atoms with Gasteiger partial charge in [-0.05, 0) is 57.7 Å². The topological polar surface area (TPSA) is 47.6 Å². The molecule has 4 heteroatoms. The highest BCUT2D eigenvalue weighted by atomic mass is 16.5. The van der Waals surface area contributed by atoms with E-state index < -0.39 is 0 Å². The van der Waals surface area contributed by atoms with Gasteiger partial charge in [-0.1, -0.05) is 12.1 Å². The Morgan fingerprint density at radius 1 is 1.33 bits per heavy atom. The number of benzene rings is 1. The molecule has 0 radical (unpaired) electrons. The maximum absolute atomic E-state index is 11.8. The zero-order chi connectivity index (χ0) is 15.3. The lowest BCUT2D eigenvalue weighted by Crippen LogP contribution is -2.35. The van der Waals surface area contributed by atoms with E-state index in [1.807, 2.05) is 45.0 Å². The Hall–Kier alpha value is -1.55. The summed E-state index contributed by atoms with van der Waals surface area (Å²) in [6.07, 6.45) is 2.39. The molecule has 0 saturated carbocycles. The fourth-order valence-electron chi connectivity index (χ4n) is 2.31. The van der Waals surface area contributed by atoms with Crippen molar-refractivity contribution in [3.63, 3.8) is 0 Å². The number of ether oxygens (including phenoxy) is 2. The number of nitrogens with one attached hydrogen (secondary N) is 1. The monoisotopic (exact) mass is 291 g/mol. The maximum atomic E-state index is 11.8. The largest absolute Gasteiger partial charge is 0.488 e. The van der Waals surface area contributed by atoms with Crippen LogP contribution in [0.4, 0.5) is 0 Å². The first-order chi connectivity index (χ1) is 9.94. The van der Waals surface area contributed by atoms with Gasteiger partial charge >= 0.3 is 0 Å². The molecular formula is C17H25NO3. The molecule has 1 aliphatic heterocycles. The van der Waals surface area contributed by atoms with Crippen molar-refractivity contribution in [1.82, 2.24) is 5.32 Å². The molecule has 4 nitrogen and oxygen atoms in total. The minimum Gasteiger partial charge on any atom is -0.488 e. The Morgan fingerprint density at radius 3 is 2.62 bits per heavy atom. The van der Waals surface area contributed by atoms with Crippen molar-refractivity contribution in [3.05, 3.63) is 29.8 Å². The highest BCUT2D eigenvalue weighted by Gasteiger charge is 2.22. The van der Waals surface area contributed by atoms with Crippen LogP contribution < -0.4 is 10.1 Å². The van der Waals surface area contributed by atoms with E-state index >= 15 is 0 Å². The van der Waals surface area contributed by atoms with Crippen LogP contribution in [0.3, 0.4) is 0 Å². The van der Waals surface area contributed by atoms with Gasteiger partial charge in [-0.25, -0.2) is 0 Å². The Labute approximate surface area is 126 Å². The van der Waals surface area contributed by atoms with Crippen LogP contribution in [0.2, 0.25) is 0 Å². The molecule has 0 spiro atoms. The Morgan fingerprint density at radius 2 is 2.05 bits per heavy atom. The van der Waals surface area contributed by atoms with Gasteiger partial charge in [0.25, 0.3) is 0 Å². The van der Waals surface area contributed by atoms with E-state index in [4.69, 9.17) is 9.47 Å². The first kappa shape index (κ1) is 15.8. The van der Waals surface area contributed by atoms with E-state index in [1.54, 1.807) is 0 Å². The van der Waals surface area contributed by atoms with Crippen molar-refractivity contribution >= 4 is 5.91 Å². The predicted molar refractivity (Wildman–Crippen MR) is 82.5 cm³/mol. The molecule has 116 valence electrons. The third-order valence-electron chi connectivity index (χ3n) is 3.28. The van der Waals surface area contributed by atoms with Crippen LogP contribution in [0.5, 0.6) is 5.75 Å². The van der Waals surface area contributed by atoms with Crippen LogP contribution >= 0.6 is 0 Å². The maximum Gasteiger partial charge on any atom is 0.249 e. The summed E-state index contributed by atoms with van der Waals surface area (Å²) >= 11 is 0. The molecular weight excluding hydrogens is 266 g/mol. The molecule has 21 heavy (non-hydrogen) atoms. The molecule has 1 atom stereocenters. The van der Waals surface area contributed by atoms with Crippen LogP contribution in [-0.4, -0.2) is 30.8 Å². The molecule has 1 amide bonds. The van der Waals surface area contributed by atoms with Gasteiger partial charge in [0.05, 0.1) is 0 Å². The quantitative estimate of drug-likeness (QED) is 0.907. The fraction of sp³-hybridized carbons (Fsp3) is 0.588. The molecule has 0 bridgehead atoms. The summed E-state index contributed by atoms with van der Waals surface area (Å²) in [6, 6.07) is 8.03. The van der Waals surface area contributed by atoms with Gasteiger partial charge in [0.15, 0.2) is 0 Å². The van der Waals surface area contributed by atoms with Crippen molar-refractivity contribution in [2.75, 3.05) is 13.2 Å². The lowest BCUT2D eigenvalue weighted by atomic mass is 10.1. The molecule has 1 saturated heterocycles. The summed E-state index contributed by atoms with van der Waals surface area (Å²) in [4.78, 5) is 11.8. The van der Waals surface area contributed by atoms with Crippen LogP contribution in [0.15, 0.2) is 24.3 Å².